The number of aromatic nitrogens is 1. The van der Waals surface area contributed by atoms with E-state index >= 15 is 0 Å². The number of nitrogens with zero attached hydrogens (tertiary/aromatic N) is 2. The molecule has 0 bridgehead atoms. The second-order valence-corrected chi connectivity index (χ2v) is 17.0. The van der Waals surface area contributed by atoms with Crippen molar-refractivity contribution in [2.24, 2.45) is 5.92 Å². The van der Waals surface area contributed by atoms with Crippen molar-refractivity contribution in [2.45, 2.75) is 103 Å². The van der Waals surface area contributed by atoms with Gasteiger partial charge < -0.3 is 19.5 Å². The molecule has 3 heterocycles. The number of hydrogen-bond donors (Lipinski definition) is 1. The molecular weight excluding hydrogens is 773 g/mol. The molecular formula is C51H55F2N3O5. The molecule has 0 spiro atoms. The van der Waals surface area contributed by atoms with Gasteiger partial charge >= 0.3 is 5.97 Å². The maximum Gasteiger partial charge on any atom is 0.328 e. The van der Waals surface area contributed by atoms with Crippen LogP contribution in [-0.4, -0.2) is 54.1 Å². The average Bonchev–Trinajstić information content (AvgIpc) is 3.46. The summed E-state index contributed by atoms with van der Waals surface area (Å²) in [6.45, 7) is 8.05. The minimum atomic E-state index is -0.881. The maximum absolute atomic E-state index is 14.3. The van der Waals surface area contributed by atoms with Crippen LogP contribution in [0.3, 0.4) is 0 Å². The number of ether oxygens (including phenoxy) is 3. The van der Waals surface area contributed by atoms with Gasteiger partial charge in [0, 0.05) is 31.4 Å². The summed E-state index contributed by atoms with van der Waals surface area (Å²) in [6.07, 6.45) is 8.03. The number of methoxy groups -OCH3 is 1. The SMILES string of the molecule is CC[C@@H](Oc1ccc([C@@H]2CCOc3cc4c(cc3C2)CN(CC2CCC2)[C@H](C(=O)N[C@@H](Cc2ccc(-c3ccnc(C)c3C)cc2)C(=O)OC)C4)cc1)c1ccc(F)c(F)c1. The lowest BCUT2D eigenvalue weighted by Gasteiger charge is -2.40. The Morgan fingerprint density at radius 1 is 0.902 bits per heavy atom. The predicted molar refractivity (Wildman–Crippen MR) is 231 cm³/mol. The van der Waals surface area contributed by atoms with Crippen molar-refractivity contribution < 1.29 is 32.6 Å². The molecule has 0 unspecified atom stereocenters. The van der Waals surface area contributed by atoms with Crippen LogP contribution in [0.15, 0.2) is 91.1 Å². The second kappa shape index (κ2) is 18.6. The van der Waals surface area contributed by atoms with E-state index in [9.17, 15) is 18.4 Å². The Hall–Kier alpha value is -5.61. The predicted octanol–water partition coefficient (Wildman–Crippen LogP) is 9.71. The van der Waals surface area contributed by atoms with Gasteiger partial charge in [-0.25, -0.2) is 13.6 Å². The molecule has 8 nitrogen and oxygen atoms in total. The molecule has 1 aromatic heterocycles. The summed E-state index contributed by atoms with van der Waals surface area (Å²) < 4.78 is 45.4. The molecule has 1 N–H and O–H groups in total. The van der Waals surface area contributed by atoms with Crippen molar-refractivity contribution in [1.82, 2.24) is 15.2 Å². The van der Waals surface area contributed by atoms with Crippen molar-refractivity contribution in [1.29, 1.82) is 0 Å². The Morgan fingerprint density at radius 3 is 2.39 bits per heavy atom. The van der Waals surface area contributed by atoms with Crippen LogP contribution in [0.4, 0.5) is 8.78 Å². The van der Waals surface area contributed by atoms with E-state index in [4.69, 9.17) is 14.2 Å². The Kier molecular flexibility index (Phi) is 12.8. The smallest absolute Gasteiger partial charge is 0.328 e. The number of pyridine rings is 1. The molecule has 1 aliphatic carbocycles. The molecule has 2 aliphatic heterocycles. The molecule has 1 fully saturated rings. The fraction of sp³-hybridized carbons (Fsp3) is 0.392. The van der Waals surface area contributed by atoms with Gasteiger partial charge in [-0.1, -0.05) is 61.9 Å². The topological polar surface area (TPSA) is 90.0 Å². The molecule has 318 valence electrons. The van der Waals surface area contributed by atoms with Gasteiger partial charge in [0.05, 0.1) is 19.8 Å². The first-order valence-electron chi connectivity index (χ1n) is 21.7. The van der Waals surface area contributed by atoms with Crippen molar-refractivity contribution in [3.8, 4) is 22.6 Å². The lowest BCUT2D eigenvalue weighted by Crippen LogP contribution is -2.55. The number of nitrogens with one attached hydrogen (secondary N) is 1. The van der Waals surface area contributed by atoms with Gasteiger partial charge in [0.25, 0.3) is 0 Å². The largest absolute Gasteiger partial charge is 0.493 e. The van der Waals surface area contributed by atoms with Crippen LogP contribution in [-0.2, 0) is 40.1 Å². The van der Waals surface area contributed by atoms with E-state index in [1.165, 1.54) is 30.7 Å². The van der Waals surface area contributed by atoms with Gasteiger partial charge in [0.15, 0.2) is 11.6 Å². The average molecular weight is 828 g/mol. The highest BCUT2D eigenvalue weighted by molar-refractivity contribution is 5.88. The molecule has 8 rings (SSSR count). The number of carbonyl (C=O) groups is 2. The normalized spacial score (nSPS) is 18.7. The van der Waals surface area contributed by atoms with Crippen LogP contribution in [0.25, 0.3) is 11.1 Å². The Morgan fingerprint density at radius 2 is 1.69 bits per heavy atom. The Bertz CT molecular complexity index is 2360. The summed E-state index contributed by atoms with van der Waals surface area (Å²) in [4.78, 5) is 34.2. The highest BCUT2D eigenvalue weighted by Crippen LogP contribution is 2.39. The van der Waals surface area contributed by atoms with Crippen molar-refractivity contribution >= 4 is 11.9 Å². The number of rotatable bonds is 13. The third-order valence-electron chi connectivity index (χ3n) is 13.1. The van der Waals surface area contributed by atoms with Crippen LogP contribution >= 0.6 is 0 Å². The molecule has 1 amide bonds. The van der Waals surface area contributed by atoms with Crippen LogP contribution in [0.5, 0.6) is 11.5 Å². The number of amides is 1. The minimum Gasteiger partial charge on any atom is -0.493 e. The molecule has 4 aromatic carbocycles. The van der Waals surface area contributed by atoms with Gasteiger partial charge in [-0.15, -0.1) is 0 Å². The maximum atomic E-state index is 14.3. The van der Waals surface area contributed by atoms with E-state index < -0.39 is 35.8 Å². The van der Waals surface area contributed by atoms with Crippen molar-refractivity contribution in [3.05, 3.63) is 147 Å². The standard InChI is InChI=1S/C51H55F2N3O5/c1-5-48(38-15-18-44(52)45(53)26-38)61-42-16-13-35(14-17-42)37-20-22-60-49-28-39-27-47(56(29-34-7-6-8-34)30-41(39)25-40(49)24-37)50(57)55-46(51(58)59-4)23-33-9-11-36(12-10-33)43-19-21-54-32(3)31(43)2/h9-19,21,25-26,28,34,37,46-48H,5-8,20,22-24,27,29-30H2,1-4H3,(H,55,57)/t37-,46+,47+,48-/m1/s1. The molecule has 0 radical (unpaired) electrons. The highest BCUT2D eigenvalue weighted by Gasteiger charge is 2.37. The molecule has 61 heavy (non-hydrogen) atoms. The second-order valence-electron chi connectivity index (χ2n) is 17.0. The van der Waals surface area contributed by atoms with E-state index in [2.05, 4.69) is 58.5 Å². The fourth-order valence-corrected chi connectivity index (χ4v) is 9.13. The van der Waals surface area contributed by atoms with Crippen LogP contribution in [0.2, 0.25) is 0 Å². The summed E-state index contributed by atoms with van der Waals surface area (Å²) in [5, 5.41) is 3.11. The monoisotopic (exact) mass is 827 g/mol. The van der Waals surface area contributed by atoms with E-state index in [0.29, 0.717) is 49.6 Å². The van der Waals surface area contributed by atoms with Gasteiger partial charge in [-0.2, -0.15) is 0 Å². The van der Waals surface area contributed by atoms with E-state index in [-0.39, 0.29) is 11.8 Å². The van der Waals surface area contributed by atoms with E-state index in [1.54, 1.807) is 6.07 Å². The summed E-state index contributed by atoms with van der Waals surface area (Å²) in [7, 11) is 1.36. The highest BCUT2D eigenvalue weighted by atomic mass is 19.2. The summed E-state index contributed by atoms with van der Waals surface area (Å²) >= 11 is 0. The zero-order valence-corrected chi connectivity index (χ0v) is 35.5. The molecule has 1 saturated carbocycles. The summed E-state index contributed by atoms with van der Waals surface area (Å²) in [6, 6.07) is 25.3. The van der Waals surface area contributed by atoms with Crippen molar-refractivity contribution in [3.63, 3.8) is 0 Å². The molecule has 5 aromatic rings. The van der Waals surface area contributed by atoms with E-state index in [0.717, 1.165) is 83.1 Å². The number of halogens is 2. The van der Waals surface area contributed by atoms with Crippen molar-refractivity contribution in [2.75, 3.05) is 20.3 Å². The third kappa shape index (κ3) is 9.49. The van der Waals surface area contributed by atoms with Gasteiger partial charge in [0.1, 0.15) is 23.6 Å². The zero-order valence-electron chi connectivity index (χ0n) is 35.5. The first-order chi connectivity index (χ1) is 29.6. The van der Waals surface area contributed by atoms with Gasteiger partial charge in [-0.3, -0.25) is 14.7 Å². The third-order valence-corrected chi connectivity index (χ3v) is 13.1. The van der Waals surface area contributed by atoms with Crippen LogP contribution in [0, 0.1) is 31.4 Å². The van der Waals surface area contributed by atoms with Gasteiger partial charge in [-0.05, 0) is 151 Å². The Balaban J connectivity index is 0.965. The number of fused-ring (bicyclic) bond motifs is 2. The zero-order chi connectivity index (χ0) is 42.6. The summed E-state index contributed by atoms with van der Waals surface area (Å²) in [5.41, 5.74) is 10.5. The summed E-state index contributed by atoms with van der Waals surface area (Å²) in [5.74, 6) is -0.0899. The number of carbonyl (C=O) groups excluding carboxylic acids is 2. The lowest BCUT2D eigenvalue weighted by atomic mass is 9.83. The molecule has 3 aliphatic rings. The number of benzene rings is 4. The molecule has 4 atom stereocenters. The quantitative estimate of drug-likeness (QED) is 0.118. The first kappa shape index (κ1) is 42.1. The molecule has 10 heteroatoms. The number of esters is 1. The lowest BCUT2D eigenvalue weighted by molar-refractivity contribution is -0.146. The number of aryl methyl sites for hydroxylation is 1. The van der Waals surface area contributed by atoms with Gasteiger partial charge in [0.2, 0.25) is 5.91 Å². The van der Waals surface area contributed by atoms with E-state index in [1.807, 2.05) is 50.4 Å². The first-order valence-corrected chi connectivity index (χ1v) is 21.7. The van der Waals surface area contributed by atoms with Crippen LogP contribution in [0.1, 0.15) is 95.7 Å². The fourth-order valence-electron chi connectivity index (χ4n) is 9.13. The minimum absolute atomic E-state index is 0.168. The van der Waals surface area contributed by atoms with Crippen LogP contribution < -0.4 is 14.8 Å². The molecule has 0 saturated heterocycles. The number of hydrogen-bond acceptors (Lipinski definition) is 7. The Labute approximate surface area is 357 Å².